The Kier molecular flexibility index (Phi) is 6.89. The van der Waals surface area contributed by atoms with Crippen LogP contribution in [0.25, 0.3) is 0 Å². The first-order valence-corrected chi connectivity index (χ1v) is 11.4. The number of fused-ring (bicyclic) bond motifs is 1. The van der Waals surface area contributed by atoms with Crippen LogP contribution >= 0.6 is 34.2 Å². The number of amides is 1. The first-order chi connectivity index (χ1) is 13.7. The lowest BCUT2D eigenvalue weighted by Crippen LogP contribution is -2.48. The second kappa shape index (κ2) is 9.04. The Bertz CT molecular complexity index is 942. The minimum absolute atomic E-state index is 0.0997. The van der Waals surface area contributed by atoms with Crippen molar-refractivity contribution in [3.63, 3.8) is 0 Å². The summed E-state index contributed by atoms with van der Waals surface area (Å²) in [5.74, 6) is 0.191. The summed E-state index contributed by atoms with van der Waals surface area (Å²) >= 11 is 8.77. The first kappa shape index (κ1) is 22.1. The van der Waals surface area contributed by atoms with E-state index < -0.39 is 0 Å². The Morgan fingerprint density at radius 3 is 2.83 bits per heavy atom. The van der Waals surface area contributed by atoms with Crippen LogP contribution in [0.1, 0.15) is 67.9 Å². The number of nitrogens with one attached hydrogen (secondary N) is 1. The molecule has 1 unspecified atom stereocenters. The molecular weight excluding hydrogens is 497 g/mol. The number of nitrogens with zero attached hydrogens (tertiary/aromatic N) is 2. The van der Waals surface area contributed by atoms with Crippen molar-refractivity contribution in [1.82, 2.24) is 5.43 Å². The highest BCUT2D eigenvalue weighted by atomic mass is 127. The zero-order valence-electron chi connectivity index (χ0n) is 17.3. The maximum atomic E-state index is 12.3. The van der Waals surface area contributed by atoms with Crippen LogP contribution in [0, 0.1) is 3.57 Å². The molecule has 4 nitrogen and oxygen atoms in total. The largest absolute Gasteiger partial charge is 0.366 e. The van der Waals surface area contributed by atoms with Crippen molar-refractivity contribution in [3.05, 3.63) is 61.7 Å². The molecule has 0 aromatic heterocycles. The lowest BCUT2D eigenvalue weighted by molar-refractivity contribution is 0.0955. The molecule has 1 N–H and O–H groups in total. The third kappa shape index (κ3) is 4.94. The molecule has 1 heterocycles. The third-order valence-electron chi connectivity index (χ3n) is 5.41. The third-order valence-corrected chi connectivity index (χ3v) is 6.41. The molecule has 0 spiro atoms. The highest BCUT2D eigenvalue weighted by Gasteiger charge is 2.36. The van der Waals surface area contributed by atoms with Crippen LogP contribution < -0.4 is 10.3 Å². The van der Waals surface area contributed by atoms with Crippen molar-refractivity contribution in [2.45, 2.75) is 52.0 Å². The number of hydrogen-bond acceptors (Lipinski definition) is 3. The van der Waals surface area contributed by atoms with Gasteiger partial charge in [-0.25, -0.2) is 5.43 Å². The van der Waals surface area contributed by atoms with E-state index in [2.05, 4.69) is 71.8 Å². The summed E-state index contributed by atoms with van der Waals surface area (Å²) < 4.78 is 1.01. The normalized spacial score (nSPS) is 18.0. The maximum Gasteiger partial charge on any atom is 0.271 e. The summed E-state index contributed by atoms with van der Waals surface area (Å²) in [6.45, 7) is 10.1. The summed E-state index contributed by atoms with van der Waals surface area (Å²) in [7, 11) is 0. The second-order valence-electron chi connectivity index (χ2n) is 8.21. The number of carbonyl (C=O) groups excluding carboxylic acids is 1. The van der Waals surface area contributed by atoms with Gasteiger partial charge >= 0.3 is 0 Å². The SMILES string of the molecule is CCCN1c2cc(Cl)c(/C=N\NC(=O)c3cccc(I)c3)cc2C(C)CC1(C)C. The number of halogens is 2. The molecule has 0 aliphatic carbocycles. The van der Waals surface area contributed by atoms with Gasteiger partial charge in [-0.05, 0) is 91.1 Å². The number of benzene rings is 2. The van der Waals surface area contributed by atoms with Crippen molar-refractivity contribution in [2.75, 3.05) is 11.4 Å². The monoisotopic (exact) mass is 523 g/mol. The number of carbonyl (C=O) groups is 1. The lowest BCUT2D eigenvalue weighted by atomic mass is 9.79. The van der Waals surface area contributed by atoms with Gasteiger partial charge in [-0.15, -0.1) is 0 Å². The van der Waals surface area contributed by atoms with E-state index in [1.165, 1.54) is 11.3 Å². The Labute approximate surface area is 191 Å². The predicted molar refractivity (Wildman–Crippen MR) is 130 cm³/mol. The fourth-order valence-electron chi connectivity index (χ4n) is 4.12. The van der Waals surface area contributed by atoms with Crippen LogP contribution in [0.3, 0.4) is 0 Å². The van der Waals surface area contributed by atoms with E-state index >= 15 is 0 Å². The van der Waals surface area contributed by atoms with Gasteiger partial charge in [-0.3, -0.25) is 4.79 Å². The number of hydrazone groups is 1. The van der Waals surface area contributed by atoms with E-state index in [1.54, 1.807) is 12.3 Å². The van der Waals surface area contributed by atoms with Crippen LogP contribution in [0.5, 0.6) is 0 Å². The van der Waals surface area contributed by atoms with Gasteiger partial charge in [0, 0.05) is 32.5 Å². The van der Waals surface area contributed by atoms with Gasteiger partial charge in [0.05, 0.1) is 11.2 Å². The zero-order chi connectivity index (χ0) is 21.2. The number of hydrogen-bond donors (Lipinski definition) is 1. The van der Waals surface area contributed by atoms with E-state index in [1.807, 2.05) is 24.3 Å². The molecule has 0 fully saturated rings. The van der Waals surface area contributed by atoms with Crippen molar-refractivity contribution in [1.29, 1.82) is 0 Å². The van der Waals surface area contributed by atoms with Gasteiger partial charge in [0.1, 0.15) is 0 Å². The number of anilines is 1. The molecule has 6 heteroatoms. The fourth-order valence-corrected chi connectivity index (χ4v) is 4.87. The van der Waals surface area contributed by atoms with E-state index in [0.717, 1.165) is 28.5 Å². The lowest BCUT2D eigenvalue weighted by Gasteiger charge is -2.47. The second-order valence-corrected chi connectivity index (χ2v) is 9.86. The molecule has 1 aliphatic rings. The Morgan fingerprint density at radius 1 is 1.38 bits per heavy atom. The van der Waals surface area contributed by atoms with Crippen LogP contribution in [0.4, 0.5) is 5.69 Å². The van der Waals surface area contributed by atoms with Gasteiger partial charge in [0.15, 0.2) is 0 Å². The van der Waals surface area contributed by atoms with Gasteiger partial charge in [-0.1, -0.05) is 31.5 Å². The zero-order valence-corrected chi connectivity index (χ0v) is 20.2. The molecule has 0 saturated carbocycles. The Morgan fingerprint density at radius 2 is 2.14 bits per heavy atom. The van der Waals surface area contributed by atoms with E-state index in [4.69, 9.17) is 11.6 Å². The van der Waals surface area contributed by atoms with E-state index in [9.17, 15) is 4.79 Å². The smallest absolute Gasteiger partial charge is 0.271 e. The molecule has 1 atom stereocenters. The summed E-state index contributed by atoms with van der Waals surface area (Å²) in [6.07, 6.45) is 3.80. The molecule has 2 aromatic carbocycles. The van der Waals surface area contributed by atoms with Crippen LogP contribution in [0.2, 0.25) is 5.02 Å². The van der Waals surface area contributed by atoms with E-state index in [-0.39, 0.29) is 11.4 Å². The van der Waals surface area contributed by atoms with Crippen molar-refractivity contribution in [2.24, 2.45) is 5.10 Å². The molecule has 0 saturated heterocycles. The van der Waals surface area contributed by atoms with Crippen LogP contribution in [-0.2, 0) is 0 Å². The number of rotatable bonds is 5. The van der Waals surface area contributed by atoms with Gasteiger partial charge < -0.3 is 4.90 Å². The van der Waals surface area contributed by atoms with Gasteiger partial charge in [0.25, 0.3) is 5.91 Å². The van der Waals surface area contributed by atoms with Gasteiger partial charge in [0.2, 0.25) is 0 Å². The molecule has 154 valence electrons. The first-order valence-electron chi connectivity index (χ1n) is 9.93. The summed E-state index contributed by atoms with van der Waals surface area (Å²) in [6, 6.07) is 11.5. The van der Waals surface area contributed by atoms with Crippen LogP contribution in [-0.4, -0.2) is 24.2 Å². The molecule has 29 heavy (non-hydrogen) atoms. The Hall–Kier alpha value is -1.60. The minimum atomic E-state index is -0.238. The molecule has 0 radical (unpaired) electrons. The highest BCUT2D eigenvalue weighted by molar-refractivity contribution is 14.1. The summed E-state index contributed by atoms with van der Waals surface area (Å²) in [4.78, 5) is 14.7. The molecule has 1 amide bonds. The Balaban J connectivity index is 1.84. The topological polar surface area (TPSA) is 44.7 Å². The average Bonchev–Trinajstić information content (AvgIpc) is 2.65. The summed E-state index contributed by atoms with van der Waals surface area (Å²) in [5, 5.41) is 4.78. The molecule has 0 bridgehead atoms. The van der Waals surface area contributed by atoms with Gasteiger partial charge in [-0.2, -0.15) is 5.10 Å². The molecule has 2 aromatic rings. The van der Waals surface area contributed by atoms with Crippen molar-refractivity contribution in [3.8, 4) is 0 Å². The molecule has 1 aliphatic heterocycles. The van der Waals surface area contributed by atoms with E-state index in [0.29, 0.717) is 16.5 Å². The quantitative estimate of drug-likeness (QED) is 0.288. The maximum absolute atomic E-state index is 12.3. The average molecular weight is 524 g/mol. The summed E-state index contributed by atoms with van der Waals surface area (Å²) in [5.41, 5.74) is 6.58. The predicted octanol–water partition coefficient (Wildman–Crippen LogP) is 6.21. The minimum Gasteiger partial charge on any atom is -0.366 e. The van der Waals surface area contributed by atoms with Crippen molar-refractivity contribution >= 4 is 52.0 Å². The molecular formula is C23H27ClIN3O. The molecule has 3 rings (SSSR count). The highest BCUT2D eigenvalue weighted by Crippen LogP contribution is 2.45. The fraction of sp³-hybridized carbons (Fsp3) is 0.391. The standard InChI is InChI=1S/C23H27ClIN3O/c1-5-9-28-21-12-20(24)17(11-19(21)15(2)13-23(28,3)4)14-26-27-22(29)16-7-6-8-18(25)10-16/h6-8,10-12,14-15H,5,9,13H2,1-4H3,(H,27,29)/b26-14-. The van der Waals surface area contributed by atoms with Crippen LogP contribution in [0.15, 0.2) is 41.5 Å². The van der Waals surface area contributed by atoms with Crippen molar-refractivity contribution < 1.29 is 4.79 Å².